The van der Waals surface area contributed by atoms with E-state index in [2.05, 4.69) is 32.6 Å². The van der Waals surface area contributed by atoms with Crippen molar-refractivity contribution in [3.8, 4) is 5.75 Å². The van der Waals surface area contributed by atoms with Gasteiger partial charge in [0.25, 0.3) is 0 Å². The topological polar surface area (TPSA) is 65.3 Å². The number of benzene rings is 1. The van der Waals surface area contributed by atoms with E-state index in [1.807, 2.05) is 24.3 Å². The molecule has 0 saturated carbocycles. The minimum absolute atomic E-state index is 0.205. The van der Waals surface area contributed by atoms with E-state index in [9.17, 15) is 0 Å². The molecule has 1 aromatic carbocycles. The Morgan fingerprint density at radius 1 is 1.10 bits per heavy atom. The third kappa shape index (κ3) is 4.47. The lowest BCUT2D eigenvalue weighted by Gasteiger charge is -2.47. The summed E-state index contributed by atoms with van der Waals surface area (Å²) in [4.78, 5) is 10.2. The number of furan rings is 1. The van der Waals surface area contributed by atoms with Crippen LogP contribution >= 0.6 is 0 Å². The molecule has 2 aromatic rings. The number of guanidine groups is 1. The van der Waals surface area contributed by atoms with Crippen molar-refractivity contribution in [1.82, 2.24) is 20.4 Å². The Labute approximate surface area is 178 Å². The molecular formula is C23H31N5O2. The number of aliphatic imine (C=N–C) groups is 1. The predicted molar refractivity (Wildman–Crippen MR) is 117 cm³/mol. The number of nitrogens with one attached hydrogen (secondary N) is 2. The zero-order chi connectivity index (χ0) is 20.2. The Kier molecular flexibility index (Phi) is 5.90. The van der Waals surface area contributed by atoms with Gasteiger partial charge in [0.1, 0.15) is 11.5 Å². The van der Waals surface area contributed by atoms with Gasteiger partial charge in [-0.2, -0.15) is 0 Å². The number of hydrogen-bond acceptors (Lipinski definition) is 5. The van der Waals surface area contributed by atoms with Crippen molar-refractivity contribution in [2.24, 2.45) is 4.99 Å². The molecule has 3 fully saturated rings. The molecule has 7 heteroatoms. The van der Waals surface area contributed by atoms with Crippen LogP contribution in [0.15, 0.2) is 52.1 Å². The van der Waals surface area contributed by atoms with Gasteiger partial charge in [0.2, 0.25) is 0 Å². The van der Waals surface area contributed by atoms with Crippen LogP contribution < -0.4 is 15.4 Å². The summed E-state index contributed by atoms with van der Waals surface area (Å²) in [5.41, 5.74) is 1.20. The first-order valence-corrected chi connectivity index (χ1v) is 11.1. The average Bonchev–Trinajstić information content (AvgIpc) is 3.32. The SMILES string of the molecule is c1coc(CCNC(=NCC2CN3CCN2CC3)NC2CCOc3ccccc32)c1. The number of hydrogen-bond donors (Lipinski definition) is 2. The van der Waals surface area contributed by atoms with Crippen LogP contribution in [0.1, 0.15) is 23.8 Å². The lowest BCUT2D eigenvalue weighted by Crippen LogP contribution is -2.62. The highest BCUT2D eigenvalue weighted by atomic mass is 16.5. The van der Waals surface area contributed by atoms with E-state index in [-0.39, 0.29) is 6.04 Å². The number of ether oxygens (including phenoxy) is 1. The monoisotopic (exact) mass is 409 g/mol. The highest BCUT2D eigenvalue weighted by Gasteiger charge is 2.31. The summed E-state index contributed by atoms with van der Waals surface area (Å²) in [5.74, 6) is 2.84. The molecule has 2 N–H and O–H groups in total. The van der Waals surface area contributed by atoms with E-state index in [1.165, 1.54) is 31.7 Å². The molecule has 5 heterocycles. The number of fused-ring (bicyclic) bond motifs is 4. The second-order valence-corrected chi connectivity index (χ2v) is 8.31. The first-order valence-electron chi connectivity index (χ1n) is 11.1. The molecule has 6 rings (SSSR count). The quantitative estimate of drug-likeness (QED) is 0.561. The predicted octanol–water partition coefficient (Wildman–Crippen LogP) is 1.88. The van der Waals surface area contributed by atoms with Crippen LogP contribution in [0.3, 0.4) is 0 Å². The highest BCUT2D eigenvalue weighted by Crippen LogP contribution is 2.31. The first kappa shape index (κ1) is 19.5. The van der Waals surface area contributed by atoms with Crippen molar-refractivity contribution in [3.05, 3.63) is 54.0 Å². The first-order chi connectivity index (χ1) is 14.8. The molecule has 2 bridgehead atoms. The van der Waals surface area contributed by atoms with Gasteiger partial charge in [-0.25, -0.2) is 0 Å². The Morgan fingerprint density at radius 3 is 2.80 bits per heavy atom. The Balaban J connectivity index is 1.27. The Morgan fingerprint density at radius 2 is 2.00 bits per heavy atom. The molecule has 4 aliphatic rings. The van der Waals surface area contributed by atoms with Gasteiger partial charge < -0.3 is 19.8 Å². The largest absolute Gasteiger partial charge is 0.493 e. The summed E-state index contributed by atoms with van der Waals surface area (Å²) < 4.78 is 11.3. The molecule has 0 spiro atoms. The van der Waals surface area contributed by atoms with Crippen molar-refractivity contribution in [2.75, 3.05) is 52.4 Å². The average molecular weight is 410 g/mol. The summed E-state index contributed by atoms with van der Waals surface area (Å²) in [6.07, 6.45) is 3.49. The molecule has 0 amide bonds. The van der Waals surface area contributed by atoms with Gasteiger partial charge in [-0.15, -0.1) is 0 Å². The Bertz CT molecular complexity index is 845. The lowest BCUT2D eigenvalue weighted by molar-refractivity contribution is 0.0174. The van der Waals surface area contributed by atoms with Crippen molar-refractivity contribution in [2.45, 2.75) is 24.9 Å². The lowest BCUT2D eigenvalue weighted by atomic mass is 10.0. The summed E-state index contributed by atoms with van der Waals surface area (Å²) in [6, 6.07) is 13.0. The maximum Gasteiger partial charge on any atom is 0.191 e. The molecule has 7 nitrogen and oxygen atoms in total. The maximum absolute atomic E-state index is 5.83. The van der Waals surface area contributed by atoms with Crippen LogP contribution in [0.2, 0.25) is 0 Å². The smallest absolute Gasteiger partial charge is 0.191 e. The van der Waals surface area contributed by atoms with E-state index in [0.29, 0.717) is 6.04 Å². The minimum Gasteiger partial charge on any atom is -0.493 e. The maximum atomic E-state index is 5.83. The van der Waals surface area contributed by atoms with Crippen molar-refractivity contribution in [1.29, 1.82) is 0 Å². The molecule has 160 valence electrons. The third-order valence-electron chi connectivity index (χ3n) is 6.37. The number of para-hydroxylation sites is 1. The van der Waals surface area contributed by atoms with Crippen LogP contribution in [-0.2, 0) is 6.42 Å². The van der Waals surface area contributed by atoms with Crippen LogP contribution in [0.5, 0.6) is 5.75 Å². The van der Waals surface area contributed by atoms with Crippen LogP contribution in [-0.4, -0.2) is 74.2 Å². The highest BCUT2D eigenvalue weighted by molar-refractivity contribution is 5.80. The number of nitrogens with zero attached hydrogens (tertiary/aromatic N) is 3. The van der Waals surface area contributed by atoms with Crippen LogP contribution in [0, 0.1) is 0 Å². The number of rotatable bonds is 6. The molecular weight excluding hydrogens is 378 g/mol. The van der Waals surface area contributed by atoms with Gasteiger partial charge in [0, 0.05) is 63.7 Å². The summed E-state index contributed by atoms with van der Waals surface area (Å²) >= 11 is 0. The van der Waals surface area contributed by atoms with Gasteiger partial charge in [-0.05, 0) is 18.2 Å². The zero-order valence-electron chi connectivity index (χ0n) is 17.4. The Hall–Kier alpha value is -2.51. The molecule has 0 radical (unpaired) electrons. The molecule has 3 saturated heterocycles. The van der Waals surface area contributed by atoms with E-state index in [1.54, 1.807) is 6.26 Å². The minimum atomic E-state index is 0.205. The van der Waals surface area contributed by atoms with Gasteiger partial charge in [-0.3, -0.25) is 14.8 Å². The molecule has 0 aliphatic carbocycles. The third-order valence-corrected chi connectivity index (χ3v) is 6.37. The van der Waals surface area contributed by atoms with Crippen LogP contribution in [0.4, 0.5) is 0 Å². The van der Waals surface area contributed by atoms with Gasteiger partial charge >= 0.3 is 0 Å². The zero-order valence-corrected chi connectivity index (χ0v) is 17.4. The van der Waals surface area contributed by atoms with E-state index >= 15 is 0 Å². The molecule has 4 aliphatic heterocycles. The fourth-order valence-electron chi connectivity index (χ4n) is 4.66. The van der Waals surface area contributed by atoms with Gasteiger partial charge in [-0.1, -0.05) is 18.2 Å². The second-order valence-electron chi connectivity index (χ2n) is 8.31. The van der Waals surface area contributed by atoms with Crippen LogP contribution in [0.25, 0.3) is 0 Å². The second kappa shape index (κ2) is 9.10. The van der Waals surface area contributed by atoms with Crippen molar-refractivity contribution < 1.29 is 9.15 Å². The molecule has 2 unspecified atom stereocenters. The van der Waals surface area contributed by atoms with Gasteiger partial charge in [0.15, 0.2) is 5.96 Å². The summed E-state index contributed by atoms with van der Waals surface area (Å²) in [7, 11) is 0. The molecule has 2 atom stereocenters. The summed E-state index contributed by atoms with van der Waals surface area (Å²) in [5, 5.41) is 7.20. The van der Waals surface area contributed by atoms with Crippen molar-refractivity contribution >= 4 is 5.96 Å². The fraction of sp³-hybridized carbons (Fsp3) is 0.522. The summed E-state index contributed by atoms with van der Waals surface area (Å²) in [6.45, 7) is 8.19. The number of piperazine rings is 3. The van der Waals surface area contributed by atoms with Gasteiger partial charge in [0.05, 0.1) is 25.5 Å². The molecule has 30 heavy (non-hydrogen) atoms. The fourth-order valence-corrected chi connectivity index (χ4v) is 4.66. The normalized spacial score (nSPS) is 27.9. The van der Waals surface area contributed by atoms with E-state index in [0.717, 1.165) is 56.6 Å². The molecule has 1 aromatic heterocycles. The van der Waals surface area contributed by atoms with Crippen molar-refractivity contribution in [3.63, 3.8) is 0 Å². The standard InChI is InChI=1S/C23H31N5O2/c1-2-6-22-20(5-1)21(8-15-30-22)26-23(24-9-7-19-4-3-14-29-19)25-16-18-17-27-10-12-28(18)13-11-27/h1-6,14,18,21H,7-13,15-17H2,(H2,24,25,26). The van der Waals surface area contributed by atoms with E-state index in [4.69, 9.17) is 14.1 Å². The van der Waals surface area contributed by atoms with E-state index < -0.39 is 0 Å².